The van der Waals surface area contributed by atoms with Crippen LogP contribution in [0, 0.1) is 5.92 Å². The van der Waals surface area contributed by atoms with Gasteiger partial charge in [0.2, 0.25) is 0 Å². The molecular weight excluding hydrogens is 568 g/mol. The summed E-state index contributed by atoms with van der Waals surface area (Å²) in [5.74, 6) is 0.0268. The molecule has 1 saturated carbocycles. The van der Waals surface area contributed by atoms with Crippen molar-refractivity contribution in [1.82, 2.24) is 29.7 Å². The van der Waals surface area contributed by atoms with Gasteiger partial charge < -0.3 is 10.6 Å². The highest BCUT2D eigenvalue weighted by Gasteiger charge is 2.28. The average Bonchev–Trinajstić information content (AvgIpc) is 3.54. The van der Waals surface area contributed by atoms with Gasteiger partial charge in [0.25, 0.3) is 12.3 Å². The number of anilines is 1. The van der Waals surface area contributed by atoms with Gasteiger partial charge in [0.15, 0.2) is 0 Å². The molecule has 0 unspecified atom stereocenters. The Morgan fingerprint density at radius 1 is 1.05 bits per heavy atom. The first-order valence-electron chi connectivity index (χ1n) is 13.8. The van der Waals surface area contributed by atoms with E-state index in [-0.39, 0.29) is 34.3 Å². The number of imidazole rings is 1. The third kappa shape index (κ3) is 5.34. The van der Waals surface area contributed by atoms with Gasteiger partial charge in [0.05, 0.1) is 33.5 Å². The predicted octanol–water partition coefficient (Wildman–Crippen LogP) is 4.69. The second-order valence-corrected chi connectivity index (χ2v) is 11.0. The Labute approximate surface area is 244 Å². The van der Waals surface area contributed by atoms with Crippen molar-refractivity contribution in [2.45, 2.75) is 44.7 Å². The molecule has 4 heterocycles. The van der Waals surface area contributed by atoms with Gasteiger partial charge in [0.1, 0.15) is 11.5 Å². The third-order valence-corrected chi connectivity index (χ3v) is 8.13. The molecule has 3 amide bonds. The number of fused-ring (bicyclic) bond motifs is 1. The lowest BCUT2D eigenvalue weighted by molar-refractivity contribution is 0.0904. The molecule has 3 aromatic heterocycles. The van der Waals surface area contributed by atoms with Crippen LogP contribution in [-0.2, 0) is 6.54 Å². The Morgan fingerprint density at radius 2 is 1.81 bits per heavy atom. The summed E-state index contributed by atoms with van der Waals surface area (Å²) in [6.45, 7) is 1.62. The maximum absolute atomic E-state index is 13.7. The van der Waals surface area contributed by atoms with Crippen LogP contribution >= 0.6 is 11.6 Å². The number of rotatable bonds is 7. The first-order valence-corrected chi connectivity index (χ1v) is 14.1. The van der Waals surface area contributed by atoms with E-state index in [9.17, 15) is 23.2 Å². The lowest BCUT2D eigenvalue weighted by atomic mass is 9.85. The topological polar surface area (TPSA) is 114 Å². The number of para-hydroxylation sites is 2. The molecular formula is C29H28ClF2N7O3. The molecule has 4 aromatic rings. The normalized spacial score (nSPS) is 19.0. The molecule has 2 fully saturated rings. The quantitative estimate of drug-likeness (QED) is 0.322. The van der Waals surface area contributed by atoms with Crippen LogP contribution in [0.3, 0.4) is 0 Å². The van der Waals surface area contributed by atoms with Crippen molar-refractivity contribution < 1.29 is 18.4 Å². The Kier molecular flexibility index (Phi) is 7.63. The van der Waals surface area contributed by atoms with E-state index >= 15 is 0 Å². The summed E-state index contributed by atoms with van der Waals surface area (Å²) in [5.41, 5.74) is 1.16. The molecule has 1 aliphatic heterocycles. The SMILES string of the molecule is O=C(N[C@H]1CC[C@H](Cn2c(=O)n(-c3ccc(N4CCNC4=O)cn3)c3ccccc32)CC1)c1cc(Cl)cnc1C(F)F. The van der Waals surface area contributed by atoms with Gasteiger partial charge in [-0.05, 0) is 61.9 Å². The lowest BCUT2D eigenvalue weighted by Crippen LogP contribution is -2.39. The fourth-order valence-corrected chi connectivity index (χ4v) is 5.97. The Morgan fingerprint density at radius 3 is 2.48 bits per heavy atom. The highest BCUT2D eigenvalue weighted by Crippen LogP contribution is 2.29. The van der Waals surface area contributed by atoms with E-state index < -0.39 is 18.0 Å². The second kappa shape index (κ2) is 11.5. The summed E-state index contributed by atoms with van der Waals surface area (Å²) >= 11 is 5.90. The largest absolute Gasteiger partial charge is 0.349 e. The summed E-state index contributed by atoms with van der Waals surface area (Å²) in [5, 5.41) is 5.73. The number of hydrogen-bond acceptors (Lipinski definition) is 5. The molecule has 1 aliphatic carbocycles. The minimum absolute atomic E-state index is 0.114. The predicted molar refractivity (Wildman–Crippen MR) is 153 cm³/mol. The number of amides is 3. The zero-order valence-electron chi connectivity index (χ0n) is 22.5. The number of carbonyl (C=O) groups is 2. The zero-order chi connectivity index (χ0) is 29.4. The third-order valence-electron chi connectivity index (χ3n) is 7.92. The Bertz CT molecular complexity index is 1700. The maximum atomic E-state index is 13.7. The monoisotopic (exact) mass is 595 g/mol. The maximum Gasteiger partial charge on any atom is 0.334 e. The molecule has 0 atom stereocenters. The van der Waals surface area contributed by atoms with E-state index in [1.54, 1.807) is 32.4 Å². The van der Waals surface area contributed by atoms with Crippen LogP contribution in [0.5, 0.6) is 0 Å². The number of nitrogens with one attached hydrogen (secondary N) is 2. The average molecular weight is 596 g/mol. The summed E-state index contributed by atoms with van der Waals surface area (Å²) in [7, 11) is 0. The molecule has 6 rings (SSSR count). The summed E-state index contributed by atoms with van der Waals surface area (Å²) in [6.07, 6.45) is 2.60. The van der Waals surface area contributed by atoms with Crippen molar-refractivity contribution in [1.29, 1.82) is 0 Å². The molecule has 42 heavy (non-hydrogen) atoms. The van der Waals surface area contributed by atoms with E-state index in [1.165, 1.54) is 6.07 Å². The highest BCUT2D eigenvalue weighted by atomic mass is 35.5. The van der Waals surface area contributed by atoms with E-state index in [2.05, 4.69) is 20.6 Å². The standard InChI is InChI=1S/C29H28ClF2N7O3/c30-18-13-21(25(26(31)32)35-14-18)27(40)36-19-7-5-17(6-8-19)16-38-22-3-1-2-4-23(22)39(29(38)42)24-10-9-20(15-34-24)37-12-11-33-28(37)41/h1-4,9-10,13-15,17,19,26H,5-8,11-12,16H2,(H,33,41)(H,36,40)/t17-,19-. The molecule has 2 N–H and O–H groups in total. The van der Waals surface area contributed by atoms with Gasteiger partial charge in [0, 0.05) is 31.9 Å². The molecule has 13 heteroatoms. The van der Waals surface area contributed by atoms with Crippen LogP contribution in [0.25, 0.3) is 16.9 Å². The van der Waals surface area contributed by atoms with E-state index in [1.807, 2.05) is 24.3 Å². The van der Waals surface area contributed by atoms with Crippen LogP contribution in [0.2, 0.25) is 5.02 Å². The van der Waals surface area contributed by atoms with E-state index in [4.69, 9.17) is 11.6 Å². The Balaban J connectivity index is 1.16. The van der Waals surface area contributed by atoms with Gasteiger partial charge in [-0.3, -0.25) is 19.2 Å². The number of pyridine rings is 2. The van der Waals surface area contributed by atoms with Gasteiger partial charge >= 0.3 is 11.7 Å². The van der Waals surface area contributed by atoms with E-state index in [0.29, 0.717) is 44.0 Å². The molecule has 218 valence electrons. The van der Waals surface area contributed by atoms with Crippen LogP contribution < -0.4 is 21.2 Å². The second-order valence-electron chi connectivity index (χ2n) is 10.6. The summed E-state index contributed by atoms with van der Waals surface area (Å²) < 4.78 is 30.1. The molecule has 0 radical (unpaired) electrons. The van der Waals surface area contributed by atoms with E-state index in [0.717, 1.165) is 30.1 Å². The van der Waals surface area contributed by atoms with Crippen LogP contribution in [0.4, 0.5) is 19.3 Å². The number of urea groups is 1. The van der Waals surface area contributed by atoms with Gasteiger partial charge in [-0.15, -0.1) is 0 Å². The number of hydrogen-bond donors (Lipinski definition) is 2. The number of aromatic nitrogens is 4. The molecule has 0 bridgehead atoms. The number of halogens is 3. The fourth-order valence-electron chi connectivity index (χ4n) is 5.81. The molecule has 0 spiro atoms. The van der Waals surface area contributed by atoms with Crippen LogP contribution in [-0.4, -0.2) is 50.2 Å². The summed E-state index contributed by atoms with van der Waals surface area (Å²) in [4.78, 5) is 48.3. The van der Waals surface area contributed by atoms with Crippen molar-refractivity contribution >= 4 is 40.3 Å². The van der Waals surface area contributed by atoms with Gasteiger partial charge in [-0.1, -0.05) is 23.7 Å². The lowest BCUT2D eigenvalue weighted by Gasteiger charge is -2.29. The minimum atomic E-state index is -2.89. The smallest absolute Gasteiger partial charge is 0.334 e. The first-order chi connectivity index (χ1) is 20.3. The molecule has 1 saturated heterocycles. The first kappa shape index (κ1) is 27.8. The van der Waals surface area contributed by atoms with Crippen molar-refractivity contribution in [3.05, 3.63) is 81.6 Å². The van der Waals surface area contributed by atoms with Gasteiger partial charge in [-0.2, -0.15) is 0 Å². The van der Waals surface area contributed by atoms with Crippen LogP contribution in [0.1, 0.15) is 48.2 Å². The number of alkyl halides is 2. The Hall–Kier alpha value is -4.32. The zero-order valence-corrected chi connectivity index (χ0v) is 23.2. The molecule has 1 aromatic carbocycles. The van der Waals surface area contributed by atoms with Crippen molar-refractivity contribution in [2.75, 3.05) is 18.0 Å². The van der Waals surface area contributed by atoms with Gasteiger partial charge in [-0.25, -0.2) is 27.9 Å². The minimum Gasteiger partial charge on any atom is -0.349 e. The van der Waals surface area contributed by atoms with Crippen molar-refractivity contribution in [3.63, 3.8) is 0 Å². The van der Waals surface area contributed by atoms with Crippen LogP contribution in [0.15, 0.2) is 59.7 Å². The van der Waals surface area contributed by atoms with Crippen molar-refractivity contribution in [3.8, 4) is 5.82 Å². The fraction of sp³-hybridized carbons (Fsp3) is 0.345. The van der Waals surface area contributed by atoms with Crippen molar-refractivity contribution in [2.24, 2.45) is 5.92 Å². The highest BCUT2D eigenvalue weighted by molar-refractivity contribution is 6.30. The number of benzene rings is 1. The molecule has 2 aliphatic rings. The number of carbonyl (C=O) groups excluding carboxylic acids is 2. The molecule has 10 nitrogen and oxygen atoms in total. The number of nitrogens with zero attached hydrogens (tertiary/aromatic N) is 5. The summed E-state index contributed by atoms with van der Waals surface area (Å²) in [6, 6.07) is 11.9.